The van der Waals surface area contributed by atoms with E-state index >= 15 is 0 Å². The predicted molar refractivity (Wildman–Crippen MR) is 115 cm³/mol. The van der Waals surface area contributed by atoms with Gasteiger partial charge in [0, 0.05) is 10.0 Å². The van der Waals surface area contributed by atoms with Gasteiger partial charge in [-0.2, -0.15) is 13.2 Å². The molecule has 30 heavy (non-hydrogen) atoms. The SMILES string of the molecule is O=Cc1cccc(-c2ccc(-c3ccc(Br)cc3)n2-c2ccccc2C(F)(F)F)c1. The fraction of sp³-hybridized carbons (Fsp3) is 0.0417. The number of carbonyl (C=O) groups is 1. The molecular formula is C24H15BrF3NO. The van der Waals surface area contributed by atoms with Crippen molar-refractivity contribution in [3.63, 3.8) is 0 Å². The molecule has 1 aromatic heterocycles. The first kappa shape index (κ1) is 20.2. The summed E-state index contributed by atoms with van der Waals surface area (Å²) in [5.74, 6) is 0. The van der Waals surface area contributed by atoms with Gasteiger partial charge < -0.3 is 4.57 Å². The maximum absolute atomic E-state index is 13.8. The van der Waals surface area contributed by atoms with Crippen LogP contribution < -0.4 is 0 Å². The average Bonchev–Trinajstić information content (AvgIpc) is 3.18. The van der Waals surface area contributed by atoms with Crippen LogP contribution in [-0.4, -0.2) is 10.9 Å². The van der Waals surface area contributed by atoms with E-state index in [-0.39, 0.29) is 5.69 Å². The number of nitrogens with zero attached hydrogens (tertiary/aromatic N) is 1. The number of carbonyl (C=O) groups excluding carboxylic acids is 1. The number of hydrogen-bond donors (Lipinski definition) is 0. The minimum absolute atomic E-state index is 0.0272. The Kier molecular flexibility index (Phi) is 5.35. The molecule has 150 valence electrons. The maximum atomic E-state index is 13.8. The number of aldehydes is 1. The van der Waals surface area contributed by atoms with Gasteiger partial charge in [0.25, 0.3) is 0 Å². The number of rotatable bonds is 4. The molecule has 0 saturated heterocycles. The van der Waals surface area contributed by atoms with Crippen LogP contribution in [0.3, 0.4) is 0 Å². The molecule has 0 aliphatic rings. The van der Waals surface area contributed by atoms with Crippen molar-refractivity contribution >= 4 is 22.2 Å². The minimum Gasteiger partial charge on any atom is -0.309 e. The monoisotopic (exact) mass is 469 g/mol. The Hall–Kier alpha value is -3.12. The number of aromatic nitrogens is 1. The molecule has 0 N–H and O–H groups in total. The Balaban J connectivity index is 2.03. The van der Waals surface area contributed by atoms with E-state index in [2.05, 4.69) is 15.9 Å². The van der Waals surface area contributed by atoms with Crippen molar-refractivity contribution in [2.24, 2.45) is 0 Å². The summed E-state index contributed by atoms with van der Waals surface area (Å²) < 4.78 is 43.9. The lowest BCUT2D eigenvalue weighted by Crippen LogP contribution is -2.12. The lowest BCUT2D eigenvalue weighted by molar-refractivity contribution is -0.137. The van der Waals surface area contributed by atoms with Gasteiger partial charge in [0.05, 0.1) is 22.6 Å². The molecule has 0 saturated carbocycles. The first-order valence-electron chi connectivity index (χ1n) is 9.08. The molecule has 1 heterocycles. The number of benzene rings is 3. The third kappa shape index (κ3) is 3.83. The second-order valence-electron chi connectivity index (χ2n) is 6.70. The summed E-state index contributed by atoms with van der Waals surface area (Å²) in [7, 11) is 0. The molecule has 3 aromatic carbocycles. The summed E-state index contributed by atoms with van der Waals surface area (Å²) in [4.78, 5) is 11.2. The van der Waals surface area contributed by atoms with Gasteiger partial charge in [-0.25, -0.2) is 0 Å². The Bertz CT molecular complexity index is 1210. The van der Waals surface area contributed by atoms with Gasteiger partial charge in [-0.1, -0.05) is 58.4 Å². The van der Waals surface area contributed by atoms with Crippen LogP contribution in [0.2, 0.25) is 0 Å². The standard InChI is InChI=1S/C24H15BrF3NO/c25-19-10-8-17(9-11-19)21-12-13-22(18-5-3-4-16(14-18)15-30)29(21)23-7-2-1-6-20(23)24(26,27)28/h1-15H. The summed E-state index contributed by atoms with van der Waals surface area (Å²) in [5.41, 5.74) is 2.35. The van der Waals surface area contributed by atoms with Crippen LogP contribution in [0.15, 0.2) is 89.4 Å². The number of alkyl halides is 3. The number of hydrogen-bond acceptors (Lipinski definition) is 1. The summed E-state index contributed by atoms with van der Waals surface area (Å²) in [6, 6.07) is 23.2. The molecule has 0 atom stereocenters. The van der Waals surface area contributed by atoms with Crippen molar-refractivity contribution < 1.29 is 18.0 Å². The van der Waals surface area contributed by atoms with E-state index in [1.807, 2.05) is 24.3 Å². The van der Waals surface area contributed by atoms with Crippen LogP contribution in [0.5, 0.6) is 0 Å². The fourth-order valence-corrected chi connectivity index (χ4v) is 3.71. The smallest absolute Gasteiger partial charge is 0.309 e. The highest BCUT2D eigenvalue weighted by Gasteiger charge is 2.34. The van der Waals surface area contributed by atoms with Crippen LogP contribution in [0.1, 0.15) is 15.9 Å². The lowest BCUT2D eigenvalue weighted by atomic mass is 10.1. The van der Waals surface area contributed by atoms with Crippen molar-refractivity contribution in [2.45, 2.75) is 6.18 Å². The van der Waals surface area contributed by atoms with Crippen molar-refractivity contribution in [1.82, 2.24) is 4.57 Å². The molecule has 6 heteroatoms. The van der Waals surface area contributed by atoms with E-state index in [0.29, 0.717) is 22.5 Å². The van der Waals surface area contributed by atoms with Crippen molar-refractivity contribution in [2.75, 3.05) is 0 Å². The molecule has 0 amide bonds. The molecule has 0 spiro atoms. The van der Waals surface area contributed by atoms with Crippen LogP contribution in [-0.2, 0) is 6.18 Å². The highest BCUT2D eigenvalue weighted by molar-refractivity contribution is 9.10. The van der Waals surface area contributed by atoms with E-state index in [0.717, 1.165) is 22.4 Å². The molecule has 0 aliphatic heterocycles. The van der Waals surface area contributed by atoms with Crippen LogP contribution in [0.25, 0.3) is 28.2 Å². The van der Waals surface area contributed by atoms with Gasteiger partial charge in [0.15, 0.2) is 0 Å². The predicted octanol–water partition coefficient (Wildman–Crippen LogP) is 7.41. The van der Waals surface area contributed by atoms with E-state index in [9.17, 15) is 18.0 Å². The third-order valence-electron chi connectivity index (χ3n) is 4.79. The Morgan fingerprint density at radius 3 is 2.10 bits per heavy atom. The zero-order valence-electron chi connectivity index (χ0n) is 15.5. The molecule has 4 rings (SSSR count). The van der Waals surface area contributed by atoms with Crippen molar-refractivity contribution in [3.8, 4) is 28.2 Å². The topological polar surface area (TPSA) is 22.0 Å². The van der Waals surface area contributed by atoms with Gasteiger partial charge >= 0.3 is 6.18 Å². The summed E-state index contributed by atoms with van der Waals surface area (Å²) in [6.45, 7) is 0. The third-order valence-corrected chi connectivity index (χ3v) is 5.32. The van der Waals surface area contributed by atoms with E-state index < -0.39 is 11.7 Å². The van der Waals surface area contributed by atoms with Crippen molar-refractivity contribution in [3.05, 3.63) is 101 Å². The second kappa shape index (κ2) is 7.95. The first-order chi connectivity index (χ1) is 14.4. The molecule has 0 fully saturated rings. The first-order valence-corrected chi connectivity index (χ1v) is 9.87. The second-order valence-corrected chi connectivity index (χ2v) is 7.62. The van der Waals surface area contributed by atoms with E-state index in [1.165, 1.54) is 12.1 Å². The van der Waals surface area contributed by atoms with Crippen molar-refractivity contribution in [1.29, 1.82) is 0 Å². The van der Waals surface area contributed by atoms with Gasteiger partial charge in [-0.3, -0.25) is 4.79 Å². The van der Waals surface area contributed by atoms with E-state index in [4.69, 9.17) is 0 Å². The zero-order chi connectivity index (χ0) is 21.3. The quantitative estimate of drug-likeness (QED) is 0.285. The zero-order valence-corrected chi connectivity index (χ0v) is 17.1. The molecule has 0 radical (unpaired) electrons. The lowest BCUT2D eigenvalue weighted by Gasteiger charge is -2.19. The highest BCUT2D eigenvalue weighted by Crippen LogP contribution is 2.39. The van der Waals surface area contributed by atoms with Gasteiger partial charge in [0.2, 0.25) is 0 Å². The summed E-state index contributed by atoms with van der Waals surface area (Å²) in [5, 5.41) is 0. The minimum atomic E-state index is -4.51. The van der Waals surface area contributed by atoms with Crippen LogP contribution in [0, 0.1) is 0 Å². The van der Waals surface area contributed by atoms with Crippen LogP contribution >= 0.6 is 15.9 Å². The number of halogens is 4. The summed E-state index contributed by atoms with van der Waals surface area (Å²) >= 11 is 3.39. The Morgan fingerprint density at radius 1 is 0.767 bits per heavy atom. The molecule has 0 bridgehead atoms. The largest absolute Gasteiger partial charge is 0.418 e. The fourth-order valence-electron chi connectivity index (χ4n) is 3.45. The Labute approximate surface area is 179 Å². The summed E-state index contributed by atoms with van der Waals surface area (Å²) in [6.07, 6.45) is -3.80. The highest BCUT2D eigenvalue weighted by atomic mass is 79.9. The molecule has 2 nitrogen and oxygen atoms in total. The molecule has 0 aliphatic carbocycles. The maximum Gasteiger partial charge on any atom is 0.418 e. The molecule has 4 aromatic rings. The van der Waals surface area contributed by atoms with Gasteiger partial charge in [0.1, 0.15) is 6.29 Å². The average molecular weight is 470 g/mol. The number of para-hydroxylation sites is 1. The Morgan fingerprint density at radius 2 is 1.43 bits per heavy atom. The molecule has 0 unspecified atom stereocenters. The van der Waals surface area contributed by atoms with Crippen LogP contribution in [0.4, 0.5) is 13.2 Å². The molecular weight excluding hydrogens is 455 g/mol. The van der Waals surface area contributed by atoms with E-state index in [1.54, 1.807) is 47.0 Å². The van der Waals surface area contributed by atoms with Gasteiger partial charge in [-0.05, 0) is 53.6 Å². The van der Waals surface area contributed by atoms with Gasteiger partial charge in [-0.15, -0.1) is 0 Å². The normalized spacial score (nSPS) is 11.5.